The van der Waals surface area contributed by atoms with E-state index < -0.39 is 10.8 Å². The topological polar surface area (TPSA) is 34.1 Å². The second-order valence-electron chi connectivity index (χ2n) is 5.32. The summed E-state index contributed by atoms with van der Waals surface area (Å²) in [5.41, 5.74) is 3.99. The Labute approximate surface area is 112 Å². The fourth-order valence-corrected chi connectivity index (χ4v) is 3.22. The maximum atomic E-state index is 12.1. The first-order valence-electron chi connectivity index (χ1n) is 6.27. The van der Waals surface area contributed by atoms with Crippen LogP contribution in [-0.2, 0) is 10.8 Å². The number of Topliss-reactive ketones (excluding diaryl/α,β-unsaturated/α-hetero) is 1. The molecule has 0 spiro atoms. The van der Waals surface area contributed by atoms with Crippen LogP contribution in [0.3, 0.4) is 0 Å². The maximum absolute atomic E-state index is 12.1. The molecule has 3 heteroatoms. The van der Waals surface area contributed by atoms with Crippen LogP contribution in [0, 0.1) is 26.7 Å². The van der Waals surface area contributed by atoms with Crippen LogP contribution in [0.1, 0.15) is 40.9 Å². The largest absolute Gasteiger partial charge is 0.293 e. The van der Waals surface area contributed by atoms with E-state index in [-0.39, 0.29) is 11.5 Å². The molecular weight excluding hydrogens is 244 g/mol. The molecule has 18 heavy (non-hydrogen) atoms. The van der Waals surface area contributed by atoms with Gasteiger partial charge in [0.2, 0.25) is 0 Å². The van der Waals surface area contributed by atoms with Gasteiger partial charge in [-0.2, -0.15) is 0 Å². The predicted molar refractivity (Wildman–Crippen MR) is 77.7 cm³/mol. The molecule has 0 saturated carbocycles. The first kappa shape index (κ1) is 15.1. The fraction of sp³-hybridized carbons (Fsp3) is 0.533. The Balaban J connectivity index is 2.85. The van der Waals surface area contributed by atoms with Crippen LogP contribution in [0.5, 0.6) is 0 Å². The van der Waals surface area contributed by atoms with Gasteiger partial charge in [0.25, 0.3) is 0 Å². The van der Waals surface area contributed by atoms with Crippen LogP contribution in [0.15, 0.2) is 12.1 Å². The summed E-state index contributed by atoms with van der Waals surface area (Å²) in [6.07, 6.45) is 0. The maximum Gasteiger partial charge on any atom is 0.175 e. The number of aryl methyl sites for hydroxylation is 3. The van der Waals surface area contributed by atoms with E-state index in [0.717, 1.165) is 16.7 Å². The highest BCUT2D eigenvalue weighted by atomic mass is 32.2. The molecule has 0 bridgehead atoms. The molecule has 100 valence electrons. The van der Waals surface area contributed by atoms with Crippen molar-refractivity contribution in [3.63, 3.8) is 0 Å². The third-order valence-electron chi connectivity index (χ3n) is 2.95. The van der Waals surface area contributed by atoms with Crippen molar-refractivity contribution in [3.8, 4) is 0 Å². The molecule has 0 aliphatic rings. The van der Waals surface area contributed by atoms with Crippen molar-refractivity contribution in [3.05, 3.63) is 34.4 Å². The zero-order valence-corrected chi connectivity index (χ0v) is 12.7. The van der Waals surface area contributed by atoms with Gasteiger partial charge in [-0.1, -0.05) is 19.9 Å². The number of hydrogen-bond donors (Lipinski definition) is 0. The van der Waals surface area contributed by atoms with Gasteiger partial charge >= 0.3 is 0 Å². The van der Waals surface area contributed by atoms with E-state index in [4.69, 9.17) is 0 Å². The molecule has 0 N–H and O–H groups in total. The van der Waals surface area contributed by atoms with Crippen molar-refractivity contribution in [1.29, 1.82) is 0 Å². The van der Waals surface area contributed by atoms with E-state index in [1.807, 2.05) is 46.8 Å². The number of ketones is 1. The van der Waals surface area contributed by atoms with E-state index in [2.05, 4.69) is 0 Å². The quantitative estimate of drug-likeness (QED) is 0.767. The van der Waals surface area contributed by atoms with Crippen molar-refractivity contribution < 1.29 is 9.00 Å². The van der Waals surface area contributed by atoms with Crippen LogP contribution < -0.4 is 0 Å². The minimum Gasteiger partial charge on any atom is -0.293 e. The third kappa shape index (κ3) is 4.05. The van der Waals surface area contributed by atoms with Crippen LogP contribution >= 0.6 is 0 Å². The van der Waals surface area contributed by atoms with Crippen molar-refractivity contribution in [1.82, 2.24) is 0 Å². The lowest BCUT2D eigenvalue weighted by atomic mass is 9.99. The molecule has 0 heterocycles. The number of rotatable bonds is 5. The van der Waals surface area contributed by atoms with Crippen molar-refractivity contribution in [2.45, 2.75) is 34.6 Å². The second kappa shape index (κ2) is 6.28. The monoisotopic (exact) mass is 266 g/mol. The predicted octanol–water partition coefficient (Wildman–Crippen LogP) is 3.20. The average molecular weight is 266 g/mol. The third-order valence-corrected chi connectivity index (χ3v) is 4.58. The Morgan fingerprint density at radius 2 is 1.67 bits per heavy atom. The van der Waals surface area contributed by atoms with E-state index in [1.54, 1.807) is 0 Å². The molecular formula is C15H22O2S. The molecule has 0 saturated heterocycles. The van der Waals surface area contributed by atoms with Crippen LogP contribution in [0.25, 0.3) is 0 Å². The zero-order valence-electron chi connectivity index (χ0n) is 11.9. The molecule has 1 atom stereocenters. The van der Waals surface area contributed by atoms with Gasteiger partial charge in [-0.15, -0.1) is 0 Å². The molecule has 1 aromatic rings. The van der Waals surface area contributed by atoms with Gasteiger partial charge in [0.1, 0.15) is 0 Å². The molecule has 0 aliphatic heterocycles. The zero-order chi connectivity index (χ0) is 13.9. The lowest BCUT2D eigenvalue weighted by Crippen LogP contribution is -2.17. The van der Waals surface area contributed by atoms with E-state index in [0.29, 0.717) is 11.7 Å². The van der Waals surface area contributed by atoms with Crippen LogP contribution in [0.4, 0.5) is 0 Å². The molecule has 2 nitrogen and oxygen atoms in total. The highest BCUT2D eigenvalue weighted by Gasteiger charge is 2.14. The van der Waals surface area contributed by atoms with Gasteiger partial charge in [-0.25, -0.2) is 0 Å². The summed E-state index contributed by atoms with van der Waals surface area (Å²) in [5, 5.41) is 0. The van der Waals surface area contributed by atoms with Gasteiger partial charge in [-0.3, -0.25) is 9.00 Å². The molecule has 0 fully saturated rings. The first-order valence-corrected chi connectivity index (χ1v) is 7.76. The summed E-state index contributed by atoms with van der Waals surface area (Å²) in [6, 6.07) is 3.94. The Kier molecular flexibility index (Phi) is 5.27. The molecule has 0 aliphatic carbocycles. The molecule has 1 unspecified atom stereocenters. The lowest BCUT2D eigenvalue weighted by Gasteiger charge is -2.09. The molecule has 1 rings (SSSR count). The fourth-order valence-electron chi connectivity index (χ4n) is 1.92. The van der Waals surface area contributed by atoms with Gasteiger partial charge in [0.15, 0.2) is 5.78 Å². The van der Waals surface area contributed by atoms with Crippen LogP contribution in [-0.4, -0.2) is 21.5 Å². The molecule has 0 radical (unpaired) electrons. The van der Waals surface area contributed by atoms with E-state index in [1.165, 1.54) is 5.56 Å². The second-order valence-corrected chi connectivity index (χ2v) is 6.82. The SMILES string of the molecule is Cc1cc(C)c(C(=O)CS(=O)CC(C)C)cc1C. The van der Waals surface area contributed by atoms with Gasteiger partial charge in [0.05, 0.1) is 5.75 Å². The van der Waals surface area contributed by atoms with Gasteiger partial charge < -0.3 is 0 Å². The summed E-state index contributed by atoms with van der Waals surface area (Å²) in [4.78, 5) is 12.1. The van der Waals surface area contributed by atoms with Crippen LogP contribution in [0.2, 0.25) is 0 Å². The lowest BCUT2D eigenvalue weighted by molar-refractivity contribution is 0.102. The summed E-state index contributed by atoms with van der Waals surface area (Å²) in [7, 11) is -1.05. The minimum absolute atomic E-state index is 0.00502. The summed E-state index contributed by atoms with van der Waals surface area (Å²) in [6.45, 7) is 10.0. The van der Waals surface area contributed by atoms with Crippen molar-refractivity contribution in [2.75, 3.05) is 11.5 Å². The Morgan fingerprint density at radius 1 is 1.11 bits per heavy atom. The number of hydrogen-bond acceptors (Lipinski definition) is 2. The average Bonchev–Trinajstić information content (AvgIpc) is 2.21. The smallest absolute Gasteiger partial charge is 0.175 e. The number of benzene rings is 1. The van der Waals surface area contributed by atoms with Crippen molar-refractivity contribution in [2.24, 2.45) is 5.92 Å². The summed E-state index contributed by atoms with van der Waals surface area (Å²) < 4.78 is 11.8. The normalized spacial score (nSPS) is 12.8. The summed E-state index contributed by atoms with van der Waals surface area (Å²) >= 11 is 0. The van der Waals surface area contributed by atoms with Crippen molar-refractivity contribution >= 4 is 16.6 Å². The van der Waals surface area contributed by atoms with E-state index >= 15 is 0 Å². The van der Waals surface area contributed by atoms with Gasteiger partial charge in [0, 0.05) is 22.1 Å². The molecule has 0 amide bonds. The Hall–Kier alpha value is -0.960. The van der Waals surface area contributed by atoms with Gasteiger partial charge in [-0.05, 0) is 49.4 Å². The number of carbonyl (C=O) groups is 1. The highest BCUT2D eigenvalue weighted by molar-refractivity contribution is 7.85. The Morgan fingerprint density at radius 3 is 2.22 bits per heavy atom. The minimum atomic E-state index is -1.05. The van der Waals surface area contributed by atoms with E-state index in [9.17, 15) is 9.00 Å². The molecule has 1 aromatic carbocycles. The Bertz CT molecular complexity index is 476. The summed E-state index contributed by atoms with van der Waals surface area (Å²) in [5.74, 6) is 1.09. The molecule has 0 aromatic heterocycles. The standard InChI is InChI=1S/C15H22O2S/c1-10(2)8-18(17)9-15(16)14-7-12(4)11(3)6-13(14)5/h6-7,10H,8-9H2,1-5H3. The first-order chi connectivity index (χ1) is 8.31. The number of carbonyl (C=O) groups excluding carboxylic acids is 1. The highest BCUT2D eigenvalue weighted by Crippen LogP contribution is 2.16.